The zero-order valence-electron chi connectivity index (χ0n) is 15.5. The van der Waals surface area contributed by atoms with Gasteiger partial charge in [0.15, 0.2) is 5.96 Å². The van der Waals surface area contributed by atoms with Gasteiger partial charge in [0.25, 0.3) is 0 Å². The summed E-state index contributed by atoms with van der Waals surface area (Å²) in [5.41, 5.74) is 10.7. The molecule has 0 atom stereocenters. The van der Waals surface area contributed by atoms with Gasteiger partial charge in [-0.25, -0.2) is 4.99 Å². The van der Waals surface area contributed by atoms with Crippen molar-refractivity contribution in [3.05, 3.63) is 65.2 Å². The molecule has 136 valence electrons. The van der Waals surface area contributed by atoms with Crippen LogP contribution in [0.5, 0.6) is 0 Å². The lowest BCUT2D eigenvalue weighted by molar-refractivity contribution is 0.402. The molecule has 2 aromatic carbocycles. The predicted octanol–water partition coefficient (Wildman–Crippen LogP) is 4.42. The normalized spacial score (nSPS) is 11.5. The number of nitrogens with one attached hydrogen (secondary N) is 1. The molecule has 0 saturated heterocycles. The highest BCUT2D eigenvalue weighted by Crippen LogP contribution is 2.18. The smallest absolute Gasteiger partial charge is 0.193 e. The summed E-state index contributed by atoms with van der Waals surface area (Å²) in [6.07, 6.45) is 0. The van der Waals surface area contributed by atoms with Gasteiger partial charge in [-0.15, -0.1) is 24.0 Å². The molecule has 0 aliphatic carbocycles. The van der Waals surface area contributed by atoms with E-state index in [4.69, 9.17) is 5.73 Å². The highest BCUT2D eigenvalue weighted by Gasteiger charge is 2.01. The molecule has 0 saturated carbocycles. The van der Waals surface area contributed by atoms with Crippen LogP contribution < -0.4 is 11.1 Å². The van der Waals surface area contributed by atoms with E-state index >= 15 is 0 Å². The number of anilines is 1. The van der Waals surface area contributed by atoms with Gasteiger partial charge in [0, 0.05) is 12.2 Å². The number of aliphatic imine (C=N–C) groups is 1. The number of hydrogen-bond donors (Lipinski definition) is 2. The molecule has 0 amide bonds. The summed E-state index contributed by atoms with van der Waals surface area (Å²) in [7, 11) is 4.14. The molecular weight excluding hydrogens is 423 g/mol. The number of hydrogen-bond acceptors (Lipinski definition) is 2. The SMILES string of the molecule is CC(C)c1cccc(NC(N)=NCc2ccc(CN(C)C)cc2)c1.I. The van der Waals surface area contributed by atoms with Crippen molar-refractivity contribution in [2.75, 3.05) is 19.4 Å². The molecule has 0 radical (unpaired) electrons. The maximum absolute atomic E-state index is 6.01. The molecule has 2 aromatic rings. The third-order valence-electron chi connectivity index (χ3n) is 3.78. The van der Waals surface area contributed by atoms with Crippen LogP contribution in [0.25, 0.3) is 0 Å². The number of halogens is 1. The van der Waals surface area contributed by atoms with E-state index in [2.05, 4.69) is 79.6 Å². The molecule has 4 nitrogen and oxygen atoms in total. The summed E-state index contributed by atoms with van der Waals surface area (Å²) in [4.78, 5) is 6.58. The van der Waals surface area contributed by atoms with E-state index < -0.39 is 0 Å². The molecule has 0 bridgehead atoms. The van der Waals surface area contributed by atoms with E-state index in [1.54, 1.807) is 0 Å². The Morgan fingerprint density at radius 3 is 2.32 bits per heavy atom. The minimum atomic E-state index is 0. The van der Waals surface area contributed by atoms with Gasteiger partial charge in [-0.05, 0) is 48.8 Å². The average molecular weight is 452 g/mol. The molecule has 0 aliphatic heterocycles. The topological polar surface area (TPSA) is 53.6 Å². The Bertz CT molecular complexity index is 678. The lowest BCUT2D eigenvalue weighted by Gasteiger charge is -2.10. The highest BCUT2D eigenvalue weighted by molar-refractivity contribution is 14.0. The third kappa shape index (κ3) is 7.44. The second kappa shape index (κ2) is 10.4. The number of benzene rings is 2. The Balaban J connectivity index is 0.00000312. The molecule has 0 unspecified atom stereocenters. The first kappa shape index (κ1) is 21.4. The lowest BCUT2D eigenvalue weighted by Crippen LogP contribution is -2.22. The molecular formula is C20H29IN4. The number of rotatable bonds is 6. The monoisotopic (exact) mass is 452 g/mol. The fraction of sp³-hybridized carbons (Fsp3) is 0.350. The molecule has 0 aliphatic rings. The highest BCUT2D eigenvalue weighted by atomic mass is 127. The molecule has 0 fully saturated rings. The first-order valence-electron chi connectivity index (χ1n) is 8.33. The van der Waals surface area contributed by atoms with Crippen LogP contribution in [-0.2, 0) is 13.1 Å². The Hall–Kier alpha value is -1.60. The van der Waals surface area contributed by atoms with Crippen LogP contribution in [0.4, 0.5) is 5.69 Å². The maximum Gasteiger partial charge on any atom is 0.193 e. The van der Waals surface area contributed by atoms with Crippen molar-refractivity contribution in [3.8, 4) is 0 Å². The first-order valence-corrected chi connectivity index (χ1v) is 8.33. The molecule has 2 rings (SSSR count). The van der Waals surface area contributed by atoms with Gasteiger partial charge in [-0.2, -0.15) is 0 Å². The molecule has 0 spiro atoms. The van der Waals surface area contributed by atoms with Gasteiger partial charge in [-0.3, -0.25) is 0 Å². The van der Waals surface area contributed by atoms with Crippen LogP contribution in [0.2, 0.25) is 0 Å². The Kier molecular flexibility index (Phi) is 8.92. The van der Waals surface area contributed by atoms with E-state index in [1.807, 2.05) is 12.1 Å². The van der Waals surface area contributed by atoms with E-state index in [1.165, 1.54) is 11.1 Å². The van der Waals surface area contributed by atoms with E-state index in [0.717, 1.165) is 17.8 Å². The van der Waals surface area contributed by atoms with E-state index in [9.17, 15) is 0 Å². The van der Waals surface area contributed by atoms with Crippen molar-refractivity contribution in [2.24, 2.45) is 10.7 Å². The van der Waals surface area contributed by atoms with Crippen LogP contribution in [0, 0.1) is 0 Å². The maximum atomic E-state index is 6.01. The summed E-state index contributed by atoms with van der Waals surface area (Å²) in [5, 5.41) is 3.17. The minimum absolute atomic E-state index is 0. The van der Waals surface area contributed by atoms with Crippen LogP contribution in [0.15, 0.2) is 53.5 Å². The second-order valence-electron chi connectivity index (χ2n) is 6.66. The van der Waals surface area contributed by atoms with Crippen LogP contribution in [0.3, 0.4) is 0 Å². The minimum Gasteiger partial charge on any atom is -0.370 e. The third-order valence-corrected chi connectivity index (χ3v) is 3.78. The molecule has 25 heavy (non-hydrogen) atoms. The van der Waals surface area contributed by atoms with Crippen molar-refractivity contribution in [1.82, 2.24) is 4.90 Å². The van der Waals surface area contributed by atoms with Crippen molar-refractivity contribution in [2.45, 2.75) is 32.9 Å². The lowest BCUT2D eigenvalue weighted by atomic mass is 10.0. The van der Waals surface area contributed by atoms with Gasteiger partial charge in [0.1, 0.15) is 0 Å². The number of nitrogens with two attached hydrogens (primary N) is 1. The van der Waals surface area contributed by atoms with Crippen molar-refractivity contribution in [3.63, 3.8) is 0 Å². The summed E-state index contributed by atoms with van der Waals surface area (Å²) >= 11 is 0. The fourth-order valence-electron chi connectivity index (χ4n) is 2.45. The van der Waals surface area contributed by atoms with Gasteiger partial charge in [-0.1, -0.05) is 50.2 Å². The fourth-order valence-corrected chi connectivity index (χ4v) is 2.45. The van der Waals surface area contributed by atoms with E-state index in [-0.39, 0.29) is 24.0 Å². The Labute approximate surface area is 168 Å². The van der Waals surface area contributed by atoms with Crippen molar-refractivity contribution in [1.29, 1.82) is 0 Å². The summed E-state index contributed by atoms with van der Waals surface area (Å²) < 4.78 is 0. The van der Waals surface area contributed by atoms with Crippen molar-refractivity contribution < 1.29 is 0 Å². The van der Waals surface area contributed by atoms with Crippen LogP contribution in [0.1, 0.15) is 36.5 Å². The summed E-state index contributed by atoms with van der Waals surface area (Å²) in [5.74, 6) is 0.930. The molecule has 3 N–H and O–H groups in total. The van der Waals surface area contributed by atoms with Crippen molar-refractivity contribution >= 4 is 35.6 Å². The zero-order valence-corrected chi connectivity index (χ0v) is 17.8. The Morgan fingerprint density at radius 1 is 1.08 bits per heavy atom. The predicted molar refractivity (Wildman–Crippen MR) is 119 cm³/mol. The number of guanidine groups is 1. The quantitative estimate of drug-likeness (QED) is 0.388. The summed E-state index contributed by atoms with van der Waals surface area (Å²) in [6, 6.07) is 16.8. The van der Waals surface area contributed by atoms with Gasteiger partial charge < -0.3 is 16.0 Å². The van der Waals surface area contributed by atoms with Crippen LogP contribution >= 0.6 is 24.0 Å². The first-order chi connectivity index (χ1) is 11.4. The summed E-state index contributed by atoms with van der Waals surface area (Å²) in [6.45, 7) is 5.87. The van der Waals surface area contributed by atoms with Crippen LogP contribution in [-0.4, -0.2) is 25.0 Å². The molecule has 5 heteroatoms. The Morgan fingerprint density at radius 2 is 1.72 bits per heavy atom. The standard InChI is InChI=1S/C20H28N4.HI/c1-15(2)18-6-5-7-19(12-18)23-20(21)22-13-16-8-10-17(11-9-16)14-24(3)4;/h5-12,15H,13-14H2,1-4H3,(H3,21,22,23);1H. The number of nitrogens with zero attached hydrogens (tertiary/aromatic N) is 2. The van der Waals surface area contributed by atoms with Gasteiger partial charge in [0.05, 0.1) is 6.54 Å². The molecule has 0 aromatic heterocycles. The second-order valence-corrected chi connectivity index (χ2v) is 6.66. The molecule has 0 heterocycles. The zero-order chi connectivity index (χ0) is 17.5. The average Bonchev–Trinajstić information content (AvgIpc) is 2.54. The largest absolute Gasteiger partial charge is 0.370 e. The van der Waals surface area contributed by atoms with E-state index in [0.29, 0.717) is 18.4 Å². The van der Waals surface area contributed by atoms with Gasteiger partial charge in [0.2, 0.25) is 0 Å². The van der Waals surface area contributed by atoms with Gasteiger partial charge >= 0.3 is 0 Å².